The molecule has 0 saturated carbocycles. The number of benzene rings is 2. The molecule has 0 heterocycles. The van der Waals surface area contributed by atoms with E-state index in [-0.39, 0.29) is 11.3 Å². The van der Waals surface area contributed by atoms with Gasteiger partial charge in [-0.1, -0.05) is 12.1 Å². The van der Waals surface area contributed by atoms with Crippen molar-refractivity contribution < 1.29 is 13.9 Å². The van der Waals surface area contributed by atoms with Gasteiger partial charge in [-0.05, 0) is 29.8 Å². The highest BCUT2D eigenvalue weighted by atomic mass is 19.1. The number of rotatable bonds is 1. The van der Waals surface area contributed by atoms with Gasteiger partial charge in [-0.2, -0.15) is 0 Å². The minimum atomic E-state index is -0.652. The summed E-state index contributed by atoms with van der Waals surface area (Å²) in [4.78, 5) is 0. The molecule has 0 aliphatic carbocycles. The third kappa shape index (κ3) is 1.81. The van der Waals surface area contributed by atoms with E-state index in [9.17, 15) is 8.78 Å². The average Bonchev–Trinajstić information content (AvgIpc) is 2.17. The SMILES string of the molecule is Oc1[c]ccc(-c2c(F)cccc2F)c1. The fourth-order valence-electron chi connectivity index (χ4n) is 1.38. The van der Waals surface area contributed by atoms with Gasteiger partial charge in [-0.25, -0.2) is 8.78 Å². The highest BCUT2D eigenvalue weighted by molar-refractivity contribution is 5.66. The van der Waals surface area contributed by atoms with Crippen LogP contribution in [0.1, 0.15) is 0 Å². The van der Waals surface area contributed by atoms with Crippen LogP contribution in [0.4, 0.5) is 8.78 Å². The summed E-state index contributed by atoms with van der Waals surface area (Å²) in [6.45, 7) is 0. The Kier molecular flexibility index (Phi) is 2.37. The highest BCUT2D eigenvalue weighted by Crippen LogP contribution is 2.27. The molecule has 75 valence electrons. The summed E-state index contributed by atoms with van der Waals surface area (Å²) in [5, 5.41) is 9.16. The van der Waals surface area contributed by atoms with Gasteiger partial charge in [0.05, 0.1) is 5.56 Å². The van der Waals surface area contributed by atoms with E-state index >= 15 is 0 Å². The third-order valence-electron chi connectivity index (χ3n) is 2.04. The number of phenols is 1. The van der Waals surface area contributed by atoms with E-state index in [0.717, 1.165) is 0 Å². The van der Waals surface area contributed by atoms with Crippen molar-refractivity contribution in [3.63, 3.8) is 0 Å². The molecule has 0 aliphatic rings. The Balaban J connectivity index is 2.63. The van der Waals surface area contributed by atoms with Crippen LogP contribution in [0.25, 0.3) is 11.1 Å². The van der Waals surface area contributed by atoms with Crippen LogP contribution >= 0.6 is 0 Å². The Morgan fingerprint density at radius 2 is 1.73 bits per heavy atom. The molecule has 0 spiro atoms. The van der Waals surface area contributed by atoms with Crippen LogP contribution in [0.2, 0.25) is 0 Å². The van der Waals surface area contributed by atoms with Gasteiger partial charge in [0.1, 0.15) is 17.4 Å². The van der Waals surface area contributed by atoms with Crippen molar-refractivity contribution in [2.75, 3.05) is 0 Å². The van der Waals surface area contributed by atoms with Crippen LogP contribution in [0, 0.1) is 17.7 Å². The van der Waals surface area contributed by atoms with Gasteiger partial charge in [0.25, 0.3) is 0 Å². The molecule has 0 amide bonds. The van der Waals surface area contributed by atoms with E-state index < -0.39 is 11.6 Å². The maximum absolute atomic E-state index is 13.3. The van der Waals surface area contributed by atoms with Crippen molar-refractivity contribution in [1.82, 2.24) is 0 Å². The van der Waals surface area contributed by atoms with Gasteiger partial charge < -0.3 is 5.11 Å². The summed E-state index contributed by atoms with van der Waals surface area (Å²) in [6, 6.07) is 10.3. The van der Waals surface area contributed by atoms with E-state index in [2.05, 4.69) is 6.07 Å². The van der Waals surface area contributed by atoms with Gasteiger partial charge in [0.2, 0.25) is 0 Å². The minimum absolute atomic E-state index is 0.137. The summed E-state index contributed by atoms with van der Waals surface area (Å²) in [5.41, 5.74) is 0.156. The van der Waals surface area contributed by atoms with Crippen molar-refractivity contribution in [3.05, 3.63) is 54.1 Å². The zero-order chi connectivity index (χ0) is 10.8. The predicted octanol–water partition coefficient (Wildman–Crippen LogP) is 3.14. The topological polar surface area (TPSA) is 20.2 Å². The lowest BCUT2D eigenvalue weighted by Crippen LogP contribution is -1.88. The largest absolute Gasteiger partial charge is 0.507 e. The van der Waals surface area contributed by atoms with Gasteiger partial charge >= 0.3 is 0 Å². The standard InChI is InChI=1S/C12H7F2O/c13-10-5-2-6-11(14)12(10)8-3-1-4-9(15)7-8/h1-3,5-7,15H. The van der Waals surface area contributed by atoms with Gasteiger partial charge in [-0.15, -0.1) is 0 Å². The lowest BCUT2D eigenvalue weighted by Gasteiger charge is -2.04. The third-order valence-corrected chi connectivity index (χ3v) is 2.04. The van der Waals surface area contributed by atoms with Crippen LogP contribution in [0.5, 0.6) is 5.75 Å². The smallest absolute Gasteiger partial charge is 0.133 e. The maximum Gasteiger partial charge on any atom is 0.133 e. The van der Waals surface area contributed by atoms with Crippen LogP contribution in [0.3, 0.4) is 0 Å². The molecular weight excluding hydrogens is 198 g/mol. The molecule has 2 aromatic rings. The monoisotopic (exact) mass is 205 g/mol. The van der Waals surface area contributed by atoms with Crippen molar-refractivity contribution in [1.29, 1.82) is 0 Å². The molecule has 0 fully saturated rings. The van der Waals surface area contributed by atoms with E-state index in [0.29, 0.717) is 5.56 Å². The van der Waals surface area contributed by atoms with Crippen LogP contribution in [0.15, 0.2) is 36.4 Å². The number of aromatic hydroxyl groups is 1. The first kappa shape index (κ1) is 9.65. The molecule has 2 rings (SSSR count). The summed E-state index contributed by atoms with van der Waals surface area (Å²) in [5.74, 6) is -1.45. The van der Waals surface area contributed by atoms with E-state index in [4.69, 9.17) is 5.11 Å². The molecule has 1 nitrogen and oxygen atoms in total. The molecule has 0 atom stereocenters. The summed E-state index contributed by atoms with van der Waals surface area (Å²) in [6.07, 6.45) is 0. The van der Waals surface area contributed by atoms with Crippen LogP contribution in [-0.4, -0.2) is 5.11 Å². The second-order valence-electron chi connectivity index (χ2n) is 3.06. The van der Waals surface area contributed by atoms with Crippen molar-refractivity contribution in [2.24, 2.45) is 0 Å². The van der Waals surface area contributed by atoms with E-state index in [1.54, 1.807) is 0 Å². The molecule has 0 saturated heterocycles. The van der Waals surface area contributed by atoms with Gasteiger partial charge in [-0.3, -0.25) is 0 Å². The number of phenolic OH excluding ortho intramolecular Hbond substituents is 1. The molecule has 15 heavy (non-hydrogen) atoms. The summed E-state index contributed by atoms with van der Waals surface area (Å²) in [7, 11) is 0. The van der Waals surface area contributed by atoms with Crippen molar-refractivity contribution in [3.8, 4) is 16.9 Å². The minimum Gasteiger partial charge on any atom is -0.507 e. The zero-order valence-electron chi connectivity index (χ0n) is 7.67. The van der Waals surface area contributed by atoms with E-state index in [1.807, 2.05) is 0 Å². The zero-order valence-corrected chi connectivity index (χ0v) is 7.67. The van der Waals surface area contributed by atoms with Crippen LogP contribution < -0.4 is 0 Å². The Morgan fingerprint density at radius 3 is 2.33 bits per heavy atom. The Labute approximate surface area is 85.6 Å². The molecule has 2 aromatic carbocycles. The second-order valence-corrected chi connectivity index (χ2v) is 3.06. The first-order valence-electron chi connectivity index (χ1n) is 4.33. The Bertz CT molecular complexity index is 474. The van der Waals surface area contributed by atoms with Crippen molar-refractivity contribution >= 4 is 0 Å². The van der Waals surface area contributed by atoms with Gasteiger partial charge in [0.15, 0.2) is 0 Å². The average molecular weight is 205 g/mol. The maximum atomic E-state index is 13.3. The quantitative estimate of drug-likeness (QED) is 0.758. The number of halogens is 2. The fraction of sp³-hybridized carbons (Fsp3) is 0. The molecule has 1 radical (unpaired) electrons. The summed E-state index contributed by atoms with van der Waals surface area (Å²) < 4.78 is 26.7. The number of hydrogen-bond acceptors (Lipinski definition) is 1. The van der Waals surface area contributed by atoms with E-state index in [1.165, 1.54) is 36.4 Å². The molecule has 0 bridgehead atoms. The molecule has 1 N–H and O–H groups in total. The van der Waals surface area contributed by atoms with Crippen molar-refractivity contribution in [2.45, 2.75) is 0 Å². The lowest BCUT2D eigenvalue weighted by molar-refractivity contribution is 0.474. The highest BCUT2D eigenvalue weighted by Gasteiger charge is 2.10. The molecule has 0 aliphatic heterocycles. The predicted molar refractivity (Wildman–Crippen MR) is 52.3 cm³/mol. The first-order chi connectivity index (χ1) is 7.18. The van der Waals surface area contributed by atoms with Crippen LogP contribution in [-0.2, 0) is 0 Å². The first-order valence-corrected chi connectivity index (χ1v) is 4.33. The molecule has 3 heteroatoms. The van der Waals surface area contributed by atoms with Gasteiger partial charge in [0, 0.05) is 6.07 Å². The lowest BCUT2D eigenvalue weighted by atomic mass is 10.0. The normalized spacial score (nSPS) is 10.3. The Morgan fingerprint density at radius 1 is 1.07 bits per heavy atom. The summed E-state index contributed by atoms with van der Waals surface area (Å²) >= 11 is 0. The fourth-order valence-corrected chi connectivity index (χ4v) is 1.38. The second kappa shape index (κ2) is 3.69. The molecular formula is C12H7F2O. The molecule has 0 unspecified atom stereocenters. The number of hydrogen-bond donors (Lipinski definition) is 1. The Hall–Kier alpha value is -1.90. The molecule has 0 aromatic heterocycles.